The topological polar surface area (TPSA) is 32.3 Å². The number of hydrogen-bond donors (Lipinski definition) is 2. The van der Waals surface area contributed by atoms with Crippen LogP contribution in [0.3, 0.4) is 0 Å². The second-order valence-corrected chi connectivity index (χ2v) is 6.60. The molecule has 0 saturated heterocycles. The SMILES string of the molecule is OC(CNC(C1CC1)C1CC1)c1cccc(Br)c1. The quantitative estimate of drug-likeness (QED) is 0.845. The zero-order chi connectivity index (χ0) is 12.5. The molecule has 1 aromatic carbocycles. The second kappa shape index (κ2) is 5.32. The van der Waals surface area contributed by atoms with Crippen molar-refractivity contribution in [3.63, 3.8) is 0 Å². The molecule has 0 bridgehead atoms. The van der Waals surface area contributed by atoms with Gasteiger partial charge in [-0.2, -0.15) is 0 Å². The van der Waals surface area contributed by atoms with Crippen molar-refractivity contribution in [2.45, 2.75) is 37.8 Å². The van der Waals surface area contributed by atoms with Crippen molar-refractivity contribution < 1.29 is 5.11 Å². The molecule has 3 rings (SSSR count). The summed E-state index contributed by atoms with van der Waals surface area (Å²) in [4.78, 5) is 0. The van der Waals surface area contributed by atoms with E-state index >= 15 is 0 Å². The fourth-order valence-electron chi connectivity index (χ4n) is 2.71. The fourth-order valence-corrected chi connectivity index (χ4v) is 3.13. The maximum atomic E-state index is 10.2. The van der Waals surface area contributed by atoms with E-state index in [1.165, 1.54) is 25.7 Å². The molecular weight excluding hydrogens is 290 g/mol. The lowest BCUT2D eigenvalue weighted by Gasteiger charge is -2.20. The third-order valence-corrected chi connectivity index (χ3v) is 4.53. The number of rotatable bonds is 6. The summed E-state index contributed by atoms with van der Waals surface area (Å²) in [6.07, 6.45) is 5.10. The first-order valence-corrected chi connectivity index (χ1v) is 7.70. The number of aliphatic hydroxyl groups is 1. The van der Waals surface area contributed by atoms with Gasteiger partial charge in [-0.1, -0.05) is 28.1 Å². The van der Waals surface area contributed by atoms with E-state index in [4.69, 9.17) is 0 Å². The highest BCUT2D eigenvalue weighted by Crippen LogP contribution is 2.44. The summed E-state index contributed by atoms with van der Waals surface area (Å²) >= 11 is 3.45. The maximum absolute atomic E-state index is 10.2. The minimum atomic E-state index is -0.400. The fraction of sp³-hybridized carbons (Fsp3) is 0.600. The van der Waals surface area contributed by atoms with E-state index < -0.39 is 6.10 Å². The molecule has 0 heterocycles. The van der Waals surface area contributed by atoms with Crippen molar-refractivity contribution in [1.82, 2.24) is 5.32 Å². The summed E-state index contributed by atoms with van der Waals surface area (Å²) in [6.45, 7) is 0.675. The first kappa shape index (κ1) is 12.6. The maximum Gasteiger partial charge on any atom is 0.0914 e. The van der Waals surface area contributed by atoms with Crippen molar-refractivity contribution in [2.24, 2.45) is 11.8 Å². The van der Waals surface area contributed by atoms with E-state index in [0.717, 1.165) is 21.9 Å². The highest BCUT2D eigenvalue weighted by molar-refractivity contribution is 9.10. The molecule has 0 amide bonds. The number of nitrogens with one attached hydrogen (secondary N) is 1. The zero-order valence-corrected chi connectivity index (χ0v) is 12.1. The van der Waals surface area contributed by atoms with Gasteiger partial charge < -0.3 is 10.4 Å². The van der Waals surface area contributed by atoms with Gasteiger partial charge in [0, 0.05) is 17.1 Å². The lowest BCUT2D eigenvalue weighted by molar-refractivity contribution is 0.165. The Morgan fingerprint density at radius 3 is 2.44 bits per heavy atom. The van der Waals surface area contributed by atoms with Crippen LogP contribution >= 0.6 is 15.9 Å². The van der Waals surface area contributed by atoms with E-state index in [1.54, 1.807) is 0 Å². The van der Waals surface area contributed by atoms with Crippen LogP contribution in [-0.4, -0.2) is 17.7 Å². The van der Waals surface area contributed by atoms with Crippen LogP contribution in [0.4, 0.5) is 0 Å². The van der Waals surface area contributed by atoms with Crippen LogP contribution in [0, 0.1) is 11.8 Å². The van der Waals surface area contributed by atoms with Gasteiger partial charge in [-0.05, 0) is 55.2 Å². The Bertz CT molecular complexity index is 403. The highest BCUT2D eigenvalue weighted by Gasteiger charge is 2.41. The van der Waals surface area contributed by atoms with Crippen LogP contribution in [0.15, 0.2) is 28.7 Å². The molecule has 2 aliphatic carbocycles. The molecule has 1 atom stereocenters. The Labute approximate surface area is 117 Å². The molecule has 2 nitrogen and oxygen atoms in total. The predicted octanol–water partition coefficient (Wildman–Crippen LogP) is 3.26. The van der Waals surface area contributed by atoms with Gasteiger partial charge in [0.1, 0.15) is 0 Å². The minimum absolute atomic E-state index is 0.400. The summed E-state index contributed by atoms with van der Waals surface area (Å²) in [6, 6.07) is 8.60. The van der Waals surface area contributed by atoms with Gasteiger partial charge in [0.15, 0.2) is 0 Å². The van der Waals surface area contributed by atoms with Gasteiger partial charge >= 0.3 is 0 Å². The van der Waals surface area contributed by atoms with Crippen molar-refractivity contribution in [2.75, 3.05) is 6.54 Å². The van der Waals surface area contributed by atoms with Crippen LogP contribution in [0.2, 0.25) is 0 Å². The number of benzene rings is 1. The summed E-state index contributed by atoms with van der Waals surface area (Å²) < 4.78 is 1.03. The predicted molar refractivity (Wildman–Crippen MR) is 76.3 cm³/mol. The monoisotopic (exact) mass is 309 g/mol. The van der Waals surface area contributed by atoms with E-state index in [9.17, 15) is 5.11 Å². The van der Waals surface area contributed by atoms with Gasteiger partial charge in [-0.3, -0.25) is 0 Å². The Balaban J connectivity index is 1.55. The molecule has 2 N–H and O–H groups in total. The Kier molecular flexibility index (Phi) is 3.73. The third-order valence-electron chi connectivity index (χ3n) is 4.04. The lowest BCUT2D eigenvalue weighted by atomic mass is 10.1. The average Bonchev–Trinajstić information content (AvgIpc) is 3.23. The number of halogens is 1. The van der Waals surface area contributed by atoms with E-state index in [1.807, 2.05) is 24.3 Å². The number of aliphatic hydroxyl groups excluding tert-OH is 1. The van der Waals surface area contributed by atoms with Crippen molar-refractivity contribution in [3.05, 3.63) is 34.3 Å². The highest BCUT2D eigenvalue weighted by atomic mass is 79.9. The molecule has 2 aliphatic rings. The second-order valence-electron chi connectivity index (χ2n) is 5.68. The van der Waals surface area contributed by atoms with Crippen LogP contribution in [0.5, 0.6) is 0 Å². The first-order valence-electron chi connectivity index (χ1n) is 6.91. The summed E-state index contributed by atoms with van der Waals surface area (Å²) in [7, 11) is 0. The third kappa shape index (κ3) is 3.14. The van der Waals surface area contributed by atoms with Gasteiger partial charge in [0.05, 0.1) is 6.10 Å². The van der Waals surface area contributed by atoms with Crippen molar-refractivity contribution in [3.8, 4) is 0 Å². The van der Waals surface area contributed by atoms with E-state index in [0.29, 0.717) is 12.6 Å². The van der Waals surface area contributed by atoms with Crippen LogP contribution < -0.4 is 5.32 Å². The Hall–Kier alpha value is -0.380. The van der Waals surface area contributed by atoms with Crippen LogP contribution in [0.25, 0.3) is 0 Å². The molecule has 1 unspecified atom stereocenters. The van der Waals surface area contributed by atoms with E-state index in [2.05, 4.69) is 21.2 Å². The molecule has 0 aromatic heterocycles. The van der Waals surface area contributed by atoms with Gasteiger partial charge in [-0.25, -0.2) is 0 Å². The molecule has 18 heavy (non-hydrogen) atoms. The minimum Gasteiger partial charge on any atom is -0.387 e. The van der Waals surface area contributed by atoms with Crippen molar-refractivity contribution >= 4 is 15.9 Å². The molecule has 0 spiro atoms. The van der Waals surface area contributed by atoms with Crippen LogP contribution in [0.1, 0.15) is 37.4 Å². The molecule has 0 aliphatic heterocycles. The summed E-state index contributed by atoms with van der Waals surface area (Å²) in [5, 5.41) is 13.8. The average molecular weight is 310 g/mol. The number of hydrogen-bond acceptors (Lipinski definition) is 2. The molecule has 3 heteroatoms. The molecule has 0 radical (unpaired) electrons. The van der Waals surface area contributed by atoms with Crippen LogP contribution in [-0.2, 0) is 0 Å². The molecule has 2 fully saturated rings. The normalized spacial score (nSPS) is 21.3. The lowest BCUT2D eigenvalue weighted by Crippen LogP contribution is -2.36. The first-order chi connectivity index (χ1) is 8.74. The molecule has 1 aromatic rings. The molecule has 2 saturated carbocycles. The summed E-state index contributed by atoms with van der Waals surface area (Å²) in [5.74, 6) is 1.76. The Morgan fingerprint density at radius 1 is 1.22 bits per heavy atom. The largest absolute Gasteiger partial charge is 0.387 e. The van der Waals surface area contributed by atoms with Gasteiger partial charge in [0.25, 0.3) is 0 Å². The zero-order valence-electron chi connectivity index (χ0n) is 10.5. The van der Waals surface area contributed by atoms with Gasteiger partial charge in [-0.15, -0.1) is 0 Å². The van der Waals surface area contributed by atoms with Gasteiger partial charge in [0.2, 0.25) is 0 Å². The Morgan fingerprint density at radius 2 is 1.89 bits per heavy atom. The molecular formula is C15H20BrNO. The smallest absolute Gasteiger partial charge is 0.0914 e. The van der Waals surface area contributed by atoms with E-state index in [-0.39, 0.29) is 0 Å². The summed E-state index contributed by atoms with van der Waals surface area (Å²) in [5.41, 5.74) is 0.988. The standard InChI is InChI=1S/C15H20BrNO/c16-13-3-1-2-12(8-13)14(18)9-17-15(10-4-5-10)11-6-7-11/h1-3,8,10-11,14-15,17-18H,4-7,9H2. The van der Waals surface area contributed by atoms with Crippen molar-refractivity contribution in [1.29, 1.82) is 0 Å². The molecule has 98 valence electrons.